The number of rotatable bonds is 8. The molecule has 0 aliphatic carbocycles. The van der Waals surface area contributed by atoms with Crippen molar-refractivity contribution in [3.8, 4) is 28.8 Å². The summed E-state index contributed by atoms with van der Waals surface area (Å²) in [5.74, 6) is 0.167. The number of aromatic nitrogens is 4. The molecule has 0 aliphatic heterocycles. The quantitative estimate of drug-likeness (QED) is 0.243. The van der Waals surface area contributed by atoms with Gasteiger partial charge in [-0.2, -0.15) is 10.4 Å². The van der Waals surface area contributed by atoms with Crippen LogP contribution < -0.4 is 21.2 Å². The van der Waals surface area contributed by atoms with Gasteiger partial charge in [-0.25, -0.2) is 14.1 Å². The average molecular weight is 609 g/mol. The molecule has 3 aromatic heterocycles. The molecule has 45 heavy (non-hydrogen) atoms. The third kappa shape index (κ3) is 6.05. The summed E-state index contributed by atoms with van der Waals surface area (Å²) in [6.07, 6.45) is 3.08. The maximum Gasteiger partial charge on any atom is 0.290 e. The highest BCUT2D eigenvalue weighted by Crippen LogP contribution is 2.30. The molecule has 230 valence electrons. The lowest BCUT2D eigenvalue weighted by molar-refractivity contribution is 0.0410. The van der Waals surface area contributed by atoms with E-state index in [1.54, 1.807) is 76.4 Å². The Morgan fingerprint density at radius 3 is 2.49 bits per heavy atom. The number of pyridine rings is 2. The summed E-state index contributed by atoms with van der Waals surface area (Å²) < 4.78 is 23.7. The van der Waals surface area contributed by atoms with E-state index >= 15 is 4.39 Å². The number of aryl methyl sites for hydroxylation is 1. The molecular weight excluding hydrogens is 575 g/mol. The summed E-state index contributed by atoms with van der Waals surface area (Å²) >= 11 is 0. The summed E-state index contributed by atoms with van der Waals surface area (Å²) in [4.78, 5) is 30.9. The Morgan fingerprint density at radius 1 is 1.07 bits per heavy atom. The second-order valence-electron chi connectivity index (χ2n) is 12.0. The van der Waals surface area contributed by atoms with Gasteiger partial charge < -0.3 is 15.2 Å². The van der Waals surface area contributed by atoms with Crippen molar-refractivity contribution in [2.75, 3.05) is 11.9 Å². The average Bonchev–Trinajstić information content (AvgIpc) is 3.00. The number of aliphatic hydroxyl groups excluding tert-OH is 1. The maximum atomic E-state index is 15.3. The predicted octanol–water partition coefficient (Wildman–Crippen LogP) is 5.29. The Labute approximate surface area is 259 Å². The molecule has 0 unspecified atom stereocenters. The molecule has 0 saturated carbocycles. The van der Waals surface area contributed by atoms with Gasteiger partial charge in [0.15, 0.2) is 0 Å². The number of benzene rings is 2. The van der Waals surface area contributed by atoms with Crippen LogP contribution in [0.5, 0.6) is 5.75 Å². The predicted molar refractivity (Wildman–Crippen MR) is 171 cm³/mol. The van der Waals surface area contributed by atoms with E-state index in [1.165, 1.54) is 28.6 Å². The first kappa shape index (κ1) is 31.1. The van der Waals surface area contributed by atoms with Gasteiger partial charge in [-0.05, 0) is 93.6 Å². The summed E-state index contributed by atoms with van der Waals surface area (Å²) in [5.41, 5.74) is 0.434. The van der Waals surface area contributed by atoms with Crippen LogP contribution in [0, 0.1) is 24.1 Å². The summed E-state index contributed by atoms with van der Waals surface area (Å²) in [6.45, 7) is 8.55. The van der Waals surface area contributed by atoms with Crippen LogP contribution in [0.4, 0.5) is 15.9 Å². The molecule has 11 heteroatoms. The summed E-state index contributed by atoms with van der Waals surface area (Å²) in [7, 11) is 1.54. The van der Waals surface area contributed by atoms with E-state index in [0.717, 1.165) is 0 Å². The Morgan fingerprint density at radius 2 is 1.82 bits per heavy atom. The van der Waals surface area contributed by atoms with Crippen LogP contribution >= 0.6 is 0 Å². The Bertz CT molecular complexity index is 2090. The third-order valence-corrected chi connectivity index (χ3v) is 7.64. The number of hydrogen-bond acceptors (Lipinski definition) is 8. The minimum atomic E-state index is -0.920. The van der Waals surface area contributed by atoms with Gasteiger partial charge in [0.1, 0.15) is 28.7 Å². The van der Waals surface area contributed by atoms with Gasteiger partial charge in [0.2, 0.25) is 0 Å². The van der Waals surface area contributed by atoms with Crippen molar-refractivity contribution in [2.45, 2.75) is 45.6 Å². The van der Waals surface area contributed by atoms with Gasteiger partial charge in [-0.15, -0.1) is 0 Å². The van der Waals surface area contributed by atoms with Crippen LogP contribution in [-0.2, 0) is 12.5 Å². The second-order valence-corrected chi connectivity index (χ2v) is 12.0. The first-order valence-electron chi connectivity index (χ1n) is 14.2. The molecule has 2 N–H and O–H groups in total. The number of nitrogens with zero attached hydrogens (tertiary/aromatic N) is 5. The van der Waals surface area contributed by atoms with Crippen LogP contribution in [0.25, 0.3) is 27.7 Å². The SMILES string of the molecule is Cc1c(-c2cc(Nc3ccc(OC(C)(C)CO)cn3)c(=O)n(C)n2)cccc1-n1ccc2cc(C(C)(C)C#N)cc(F)c2c1=O. The monoisotopic (exact) mass is 608 g/mol. The van der Waals surface area contributed by atoms with E-state index in [0.29, 0.717) is 45.0 Å². The lowest BCUT2D eigenvalue weighted by atomic mass is 9.85. The number of aliphatic hydroxyl groups is 1. The van der Waals surface area contributed by atoms with E-state index < -0.39 is 22.4 Å². The van der Waals surface area contributed by atoms with Gasteiger partial charge in [-0.3, -0.25) is 14.2 Å². The van der Waals surface area contributed by atoms with Crippen LogP contribution in [-0.4, -0.2) is 36.6 Å². The smallest absolute Gasteiger partial charge is 0.290 e. The van der Waals surface area contributed by atoms with Gasteiger partial charge in [0.25, 0.3) is 11.1 Å². The molecule has 3 heterocycles. The highest BCUT2D eigenvalue weighted by atomic mass is 19.1. The van der Waals surface area contributed by atoms with E-state index in [-0.39, 0.29) is 23.2 Å². The van der Waals surface area contributed by atoms with Crippen molar-refractivity contribution >= 4 is 22.3 Å². The third-order valence-electron chi connectivity index (χ3n) is 7.64. The van der Waals surface area contributed by atoms with Crippen molar-refractivity contribution in [3.05, 3.63) is 105 Å². The van der Waals surface area contributed by atoms with E-state index in [9.17, 15) is 20.0 Å². The molecule has 0 spiro atoms. The molecule has 5 rings (SSSR count). The Balaban J connectivity index is 1.53. The lowest BCUT2D eigenvalue weighted by Gasteiger charge is -2.23. The zero-order valence-corrected chi connectivity index (χ0v) is 25.8. The number of halogens is 1. The fourth-order valence-electron chi connectivity index (χ4n) is 4.94. The minimum absolute atomic E-state index is 0.0737. The topological polar surface area (TPSA) is 135 Å². The summed E-state index contributed by atoms with van der Waals surface area (Å²) in [5, 5.41) is 26.8. The van der Waals surface area contributed by atoms with Crippen molar-refractivity contribution < 1.29 is 14.2 Å². The molecular formula is C34H33FN6O4. The Hall–Kier alpha value is -5.34. The fraction of sp³-hybridized carbons (Fsp3) is 0.265. The zero-order chi connectivity index (χ0) is 32.7. The molecule has 0 saturated heterocycles. The van der Waals surface area contributed by atoms with Crippen molar-refractivity contribution in [1.29, 1.82) is 5.26 Å². The van der Waals surface area contributed by atoms with Gasteiger partial charge in [-0.1, -0.05) is 12.1 Å². The molecule has 5 aromatic rings. The second kappa shape index (κ2) is 11.6. The van der Waals surface area contributed by atoms with E-state index in [2.05, 4.69) is 21.5 Å². The standard InChI is InChI=1S/C34H33FN6O4/c1-20-24(26-16-27(31(43)40(6)39-26)38-29-11-10-23(17-37-29)45-34(4,5)19-42)8-7-9-28(20)41-13-12-21-14-22(33(2,3)18-36)15-25(35)30(21)32(41)44/h7-17,42H,19H2,1-6H3,(H,37,38). The molecule has 2 aromatic carbocycles. The molecule has 0 aliphatic rings. The number of fused-ring (bicyclic) bond motifs is 1. The maximum absolute atomic E-state index is 15.3. The van der Waals surface area contributed by atoms with Crippen molar-refractivity contribution in [1.82, 2.24) is 19.3 Å². The van der Waals surface area contributed by atoms with Crippen LogP contribution in [0.15, 0.2) is 76.6 Å². The van der Waals surface area contributed by atoms with Crippen LogP contribution in [0.3, 0.4) is 0 Å². The highest BCUT2D eigenvalue weighted by Gasteiger charge is 2.23. The molecule has 0 atom stereocenters. The highest BCUT2D eigenvalue weighted by molar-refractivity contribution is 5.84. The number of nitriles is 1. The number of anilines is 2. The van der Waals surface area contributed by atoms with E-state index in [4.69, 9.17) is 4.74 Å². The zero-order valence-electron chi connectivity index (χ0n) is 25.8. The summed E-state index contributed by atoms with van der Waals surface area (Å²) in [6, 6.07) is 17.0. The molecule has 10 nitrogen and oxygen atoms in total. The molecule has 0 bridgehead atoms. The number of ether oxygens (including phenoxy) is 1. The first-order chi connectivity index (χ1) is 21.2. The van der Waals surface area contributed by atoms with Crippen LogP contribution in [0.1, 0.15) is 38.8 Å². The minimum Gasteiger partial charge on any atom is -0.484 e. The lowest BCUT2D eigenvalue weighted by Crippen LogP contribution is -2.32. The van der Waals surface area contributed by atoms with Gasteiger partial charge in [0.05, 0.1) is 41.1 Å². The van der Waals surface area contributed by atoms with Crippen LogP contribution in [0.2, 0.25) is 0 Å². The normalized spacial score (nSPS) is 11.8. The van der Waals surface area contributed by atoms with Gasteiger partial charge >= 0.3 is 0 Å². The van der Waals surface area contributed by atoms with Gasteiger partial charge in [0, 0.05) is 18.8 Å². The molecule has 0 amide bonds. The van der Waals surface area contributed by atoms with Crippen molar-refractivity contribution in [2.24, 2.45) is 7.05 Å². The first-order valence-corrected chi connectivity index (χ1v) is 14.2. The fourth-order valence-corrected chi connectivity index (χ4v) is 4.94. The largest absolute Gasteiger partial charge is 0.484 e. The molecule has 0 fully saturated rings. The number of hydrogen-bond donors (Lipinski definition) is 2. The number of nitrogens with one attached hydrogen (secondary N) is 1. The molecule has 0 radical (unpaired) electrons. The van der Waals surface area contributed by atoms with E-state index in [1.807, 2.05) is 13.0 Å². The Kier molecular flexibility index (Phi) is 8.04. The van der Waals surface area contributed by atoms with Crippen molar-refractivity contribution in [3.63, 3.8) is 0 Å².